The molecule has 0 aliphatic carbocycles. The molecule has 1 heterocycles. The first kappa shape index (κ1) is 26.3. The Morgan fingerprint density at radius 3 is 2.29 bits per heavy atom. The van der Waals surface area contributed by atoms with Crippen LogP contribution in [0.5, 0.6) is 11.5 Å². The van der Waals surface area contributed by atoms with Crippen LogP contribution in [0.15, 0.2) is 42.0 Å². The van der Waals surface area contributed by atoms with Crippen molar-refractivity contribution in [3.8, 4) is 11.5 Å². The number of ether oxygens (including phenoxy) is 3. The molecule has 3 rings (SSSR count). The van der Waals surface area contributed by atoms with Crippen LogP contribution in [-0.4, -0.2) is 55.2 Å². The number of benzene rings is 2. The highest BCUT2D eigenvalue weighted by Crippen LogP contribution is 2.43. The number of Topliss-reactive ketones (excluding diaryl/α,β-unsaturated/α-hetero) is 1. The van der Waals surface area contributed by atoms with Gasteiger partial charge in [0.05, 0.1) is 38.5 Å². The van der Waals surface area contributed by atoms with Crippen molar-refractivity contribution in [2.45, 2.75) is 52.7 Å². The molecule has 0 radical (unpaired) electrons. The molecule has 0 bridgehead atoms. The van der Waals surface area contributed by atoms with Crippen molar-refractivity contribution in [3.63, 3.8) is 0 Å². The number of hydrogen-bond donors (Lipinski definition) is 1. The zero-order valence-corrected chi connectivity index (χ0v) is 21.5. The second kappa shape index (κ2) is 11.0. The molecule has 1 atom stereocenters. The van der Waals surface area contributed by atoms with Gasteiger partial charge in [-0.2, -0.15) is 0 Å². The molecule has 0 aromatic heterocycles. The van der Waals surface area contributed by atoms with Crippen molar-refractivity contribution in [2.75, 3.05) is 27.4 Å². The van der Waals surface area contributed by atoms with Crippen LogP contribution >= 0.6 is 0 Å². The molecule has 35 heavy (non-hydrogen) atoms. The number of methoxy groups -OCH3 is 2. The second-order valence-corrected chi connectivity index (χ2v) is 9.22. The topological polar surface area (TPSA) is 85.3 Å². The SMILES string of the molecule is COc1cc(C)c(/C(O)=C2\C(=O)C(=O)N(CCOC(C)C)C2c2ccccc2OC)cc1C(C)C. The van der Waals surface area contributed by atoms with E-state index in [1.807, 2.05) is 58.9 Å². The van der Waals surface area contributed by atoms with E-state index in [9.17, 15) is 14.7 Å². The molecule has 2 aromatic carbocycles. The molecule has 1 saturated heterocycles. The Kier molecular flexibility index (Phi) is 8.22. The Bertz CT molecular complexity index is 1130. The van der Waals surface area contributed by atoms with E-state index >= 15 is 0 Å². The molecule has 1 aliphatic rings. The van der Waals surface area contributed by atoms with Gasteiger partial charge in [0.15, 0.2) is 0 Å². The summed E-state index contributed by atoms with van der Waals surface area (Å²) in [7, 11) is 3.14. The van der Waals surface area contributed by atoms with Crippen molar-refractivity contribution < 1.29 is 28.9 Å². The lowest BCUT2D eigenvalue weighted by Gasteiger charge is -2.27. The summed E-state index contributed by atoms with van der Waals surface area (Å²) in [6, 6.07) is 10.1. The first-order chi connectivity index (χ1) is 16.6. The number of aliphatic hydroxyl groups excluding tert-OH is 1. The van der Waals surface area contributed by atoms with Crippen molar-refractivity contribution in [1.82, 2.24) is 4.90 Å². The van der Waals surface area contributed by atoms with Gasteiger partial charge in [0.2, 0.25) is 0 Å². The van der Waals surface area contributed by atoms with Crippen LogP contribution in [0.4, 0.5) is 0 Å². The van der Waals surface area contributed by atoms with Gasteiger partial charge in [0, 0.05) is 17.7 Å². The number of hydrogen-bond acceptors (Lipinski definition) is 6. The first-order valence-electron chi connectivity index (χ1n) is 11.8. The normalized spacial score (nSPS) is 17.5. The van der Waals surface area contributed by atoms with Crippen LogP contribution in [-0.2, 0) is 14.3 Å². The van der Waals surface area contributed by atoms with Crippen LogP contribution in [0.2, 0.25) is 0 Å². The molecule has 1 amide bonds. The van der Waals surface area contributed by atoms with E-state index in [2.05, 4.69) is 0 Å². The Balaban J connectivity index is 2.23. The van der Waals surface area contributed by atoms with Gasteiger partial charge in [-0.15, -0.1) is 0 Å². The van der Waals surface area contributed by atoms with Crippen LogP contribution in [0, 0.1) is 6.92 Å². The number of para-hydroxylation sites is 1. The van der Waals surface area contributed by atoms with Gasteiger partial charge >= 0.3 is 0 Å². The Hall–Kier alpha value is -3.32. The lowest BCUT2D eigenvalue weighted by molar-refractivity contribution is -0.140. The Morgan fingerprint density at radius 2 is 1.69 bits per heavy atom. The third-order valence-electron chi connectivity index (χ3n) is 6.21. The molecule has 1 fully saturated rings. The fourth-order valence-corrected chi connectivity index (χ4v) is 4.44. The standard InChI is InChI=1S/C28H35NO6/c1-16(2)20-15-21(18(5)14-23(20)34-7)26(30)24-25(19-10-8-9-11-22(19)33-6)29(28(32)27(24)31)12-13-35-17(3)4/h8-11,14-17,25,30H,12-13H2,1-7H3/b26-24+. The highest BCUT2D eigenvalue weighted by atomic mass is 16.5. The van der Waals surface area contributed by atoms with Crippen molar-refractivity contribution in [2.24, 2.45) is 0 Å². The first-order valence-corrected chi connectivity index (χ1v) is 11.8. The van der Waals surface area contributed by atoms with Crippen LogP contribution < -0.4 is 9.47 Å². The zero-order valence-electron chi connectivity index (χ0n) is 21.5. The van der Waals surface area contributed by atoms with E-state index < -0.39 is 17.7 Å². The lowest BCUT2D eigenvalue weighted by Crippen LogP contribution is -2.33. The maximum absolute atomic E-state index is 13.3. The van der Waals surface area contributed by atoms with Gasteiger partial charge in [-0.05, 0) is 56.0 Å². The van der Waals surface area contributed by atoms with E-state index in [0.717, 1.165) is 11.1 Å². The predicted octanol–water partition coefficient (Wildman–Crippen LogP) is 4.98. The third-order valence-corrected chi connectivity index (χ3v) is 6.21. The second-order valence-electron chi connectivity index (χ2n) is 9.22. The number of ketones is 1. The molecule has 0 saturated carbocycles. The average molecular weight is 482 g/mol. The fraction of sp³-hybridized carbons (Fsp3) is 0.429. The number of rotatable bonds is 9. The maximum atomic E-state index is 13.3. The number of amides is 1. The molecule has 2 aromatic rings. The number of carbonyl (C=O) groups is 2. The van der Waals surface area contributed by atoms with E-state index in [-0.39, 0.29) is 36.5 Å². The number of nitrogens with zero attached hydrogens (tertiary/aromatic N) is 1. The van der Waals surface area contributed by atoms with Crippen molar-refractivity contribution in [3.05, 3.63) is 64.2 Å². The molecule has 188 valence electrons. The zero-order chi connectivity index (χ0) is 25.9. The number of likely N-dealkylation sites (tertiary alicyclic amines) is 1. The summed E-state index contributed by atoms with van der Waals surface area (Å²) in [5, 5.41) is 11.6. The summed E-state index contributed by atoms with van der Waals surface area (Å²) >= 11 is 0. The van der Waals surface area contributed by atoms with E-state index in [1.54, 1.807) is 19.2 Å². The van der Waals surface area contributed by atoms with Gasteiger partial charge in [0.25, 0.3) is 11.7 Å². The monoisotopic (exact) mass is 481 g/mol. The molecular weight excluding hydrogens is 446 g/mol. The molecule has 1 unspecified atom stereocenters. The largest absolute Gasteiger partial charge is 0.507 e. The van der Waals surface area contributed by atoms with Gasteiger partial charge in [-0.3, -0.25) is 9.59 Å². The lowest BCUT2D eigenvalue weighted by atomic mass is 9.90. The molecule has 7 nitrogen and oxygen atoms in total. The van der Waals surface area contributed by atoms with E-state index in [0.29, 0.717) is 22.6 Å². The maximum Gasteiger partial charge on any atom is 0.295 e. The summed E-state index contributed by atoms with van der Waals surface area (Å²) in [5.74, 6) is -0.267. The molecule has 1 N–H and O–H groups in total. The number of carbonyl (C=O) groups excluding carboxylic acids is 2. The molecule has 1 aliphatic heterocycles. The average Bonchev–Trinajstić information content (AvgIpc) is 3.07. The summed E-state index contributed by atoms with van der Waals surface area (Å²) in [6.07, 6.45) is -0.0204. The van der Waals surface area contributed by atoms with Crippen molar-refractivity contribution in [1.29, 1.82) is 0 Å². The van der Waals surface area contributed by atoms with Gasteiger partial charge in [-0.1, -0.05) is 32.0 Å². The summed E-state index contributed by atoms with van der Waals surface area (Å²) in [4.78, 5) is 28.0. The number of aryl methyl sites for hydroxylation is 1. The van der Waals surface area contributed by atoms with E-state index in [4.69, 9.17) is 14.2 Å². The summed E-state index contributed by atoms with van der Waals surface area (Å²) in [6.45, 7) is 10.2. The molecule has 0 spiro atoms. The number of aliphatic hydroxyl groups is 1. The smallest absolute Gasteiger partial charge is 0.295 e. The van der Waals surface area contributed by atoms with Crippen molar-refractivity contribution >= 4 is 17.4 Å². The predicted molar refractivity (Wildman–Crippen MR) is 135 cm³/mol. The van der Waals surface area contributed by atoms with Crippen LogP contribution in [0.3, 0.4) is 0 Å². The highest BCUT2D eigenvalue weighted by Gasteiger charge is 2.47. The summed E-state index contributed by atoms with van der Waals surface area (Å²) in [5.41, 5.74) is 2.78. The van der Waals surface area contributed by atoms with Crippen LogP contribution in [0.25, 0.3) is 5.76 Å². The third kappa shape index (κ3) is 5.20. The Labute approximate surface area is 207 Å². The highest BCUT2D eigenvalue weighted by molar-refractivity contribution is 6.46. The molecular formula is C28H35NO6. The minimum Gasteiger partial charge on any atom is -0.507 e. The van der Waals surface area contributed by atoms with E-state index in [1.165, 1.54) is 12.0 Å². The quantitative estimate of drug-likeness (QED) is 0.309. The van der Waals surface area contributed by atoms with Crippen LogP contribution in [0.1, 0.15) is 61.9 Å². The minimum atomic E-state index is -0.814. The minimum absolute atomic E-state index is 0.0204. The van der Waals surface area contributed by atoms with Gasteiger partial charge in [-0.25, -0.2) is 0 Å². The van der Waals surface area contributed by atoms with Gasteiger partial charge < -0.3 is 24.2 Å². The van der Waals surface area contributed by atoms with Gasteiger partial charge in [0.1, 0.15) is 17.3 Å². The fourth-order valence-electron chi connectivity index (χ4n) is 4.44. The molecule has 7 heteroatoms. The Morgan fingerprint density at radius 1 is 1.03 bits per heavy atom. The summed E-state index contributed by atoms with van der Waals surface area (Å²) < 4.78 is 16.8.